The lowest BCUT2D eigenvalue weighted by Crippen LogP contribution is -2.54. The van der Waals surface area contributed by atoms with E-state index >= 15 is 0 Å². The van der Waals surface area contributed by atoms with Crippen LogP contribution in [0.25, 0.3) is 0 Å². The average Bonchev–Trinajstić information content (AvgIpc) is 2.38. The number of anilines is 1. The number of nitro groups is 1. The number of rotatable bonds is 2. The van der Waals surface area contributed by atoms with Crippen LogP contribution in [0, 0.1) is 17.0 Å². The molecule has 0 aliphatic carbocycles. The van der Waals surface area contributed by atoms with Crippen molar-refractivity contribution in [1.82, 2.24) is 4.90 Å². The molecule has 1 atom stereocenters. The van der Waals surface area contributed by atoms with Gasteiger partial charge in [0, 0.05) is 18.7 Å². The van der Waals surface area contributed by atoms with Gasteiger partial charge in [-0.3, -0.25) is 10.1 Å². The molecule has 1 unspecified atom stereocenters. The summed E-state index contributed by atoms with van der Waals surface area (Å²) in [7, 11) is 0. The second kappa shape index (κ2) is 5.92. The second-order valence-corrected chi connectivity index (χ2v) is 6.26. The molecule has 7 nitrogen and oxygen atoms in total. The number of morpholine rings is 1. The van der Waals surface area contributed by atoms with E-state index in [1.165, 1.54) is 12.1 Å². The van der Waals surface area contributed by atoms with Gasteiger partial charge in [0.1, 0.15) is 0 Å². The minimum atomic E-state index is -0.477. The lowest BCUT2D eigenvalue weighted by molar-refractivity contribution is -0.384. The summed E-state index contributed by atoms with van der Waals surface area (Å²) < 4.78 is 5.77. The maximum atomic E-state index is 12.4. The zero-order valence-electron chi connectivity index (χ0n) is 13.3. The summed E-state index contributed by atoms with van der Waals surface area (Å²) in [5.41, 5.74) is 0.777. The summed E-state index contributed by atoms with van der Waals surface area (Å²) in [6.07, 6.45) is -0.0549. The van der Waals surface area contributed by atoms with Gasteiger partial charge in [0.25, 0.3) is 5.69 Å². The molecule has 7 heteroatoms. The van der Waals surface area contributed by atoms with Crippen molar-refractivity contribution in [2.45, 2.75) is 39.4 Å². The molecule has 1 saturated heterocycles. The predicted octanol–water partition coefficient (Wildman–Crippen LogP) is 2.93. The van der Waals surface area contributed by atoms with Crippen molar-refractivity contribution < 1.29 is 14.5 Å². The standard InChI is InChI=1S/C15H21N3O4/c1-10-5-6-12(18(20)21)7-13(10)16-14(19)17-8-11(2)22-15(3,4)9-17/h5-7,11H,8-9H2,1-4H3,(H,16,19). The highest BCUT2D eigenvalue weighted by Crippen LogP contribution is 2.24. The minimum Gasteiger partial charge on any atom is -0.369 e. The van der Waals surface area contributed by atoms with Gasteiger partial charge in [0.2, 0.25) is 0 Å². The molecule has 0 spiro atoms. The molecule has 120 valence electrons. The number of ether oxygens (including phenoxy) is 1. The van der Waals surface area contributed by atoms with Crippen LogP contribution in [0.15, 0.2) is 18.2 Å². The topological polar surface area (TPSA) is 84.7 Å². The molecule has 1 N–H and O–H groups in total. The summed E-state index contributed by atoms with van der Waals surface area (Å²) in [6.45, 7) is 8.54. The zero-order valence-corrected chi connectivity index (χ0v) is 13.3. The molecule has 0 aromatic heterocycles. The average molecular weight is 307 g/mol. The fourth-order valence-electron chi connectivity index (χ4n) is 2.66. The van der Waals surface area contributed by atoms with Gasteiger partial charge in [0.05, 0.1) is 28.9 Å². The zero-order chi connectivity index (χ0) is 16.5. The summed E-state index contributed by atoms with van der Waals surface area (Å²) in [6, 6.07) is 4.15. The number of nitrogens with one attached hydrogen (secondary N) is 1. The van der Waals surface area contributed by atoms with E-state index in [0.717, 1.165) is 5.56 Å². The third kappa shape index (κ3) is 3.73. The minimum absolute atomic E-state index is 0.0448. The van der Waals surface area contributed by atoms with Crippen LogP contribution in [0.4, 0.5) is 16.2 Å². The molecule has 1 aliphatic rings. The largest absolute Gasteiger partial charge is 0.369 e. The van der Waals surface area contributed by atoms with E-state index in [9.17, 15) is 14.9 Å². The van der Waals surface area contributed by atoms with E-state index in [-0.39, 0.29) is 17.8 Å². The summed E-state index contributed by atoms with van der Waals surface area (Å²) >= 11 is 0. The smallest absolute Gasteiger partial charge is 0.322 e. The van der Waals surface area contributed by atoms with Crippen LogP contribution in [0.5, 0.6) is 0 Å². The summed E-state index contributed by atoms with van der Waals surface area (Å²) in [5.74, 6) is 0. The molecule has 1 fully saturated rings. The van der Waals surface area contributed by atoms with Crippen LogP contribution < -0.4 is 5.32 Å². The Bertz CT molecular complexity index is 600. The van der Waals surface area contributed by atoms with E-state index in [0.29, 0.717) is 18.8 Å². The number of hydrogen-bond acceptors (Lipinski definition) is 4. The van der Waals surface area contributed by atoms with Crippen molar-refractivity contribution in [3.8, 4) is 0 Å². The van der Waals surface area contributed by atoms with Gasteiger partial charge >= 0.3 is 6.03 Å². The number of non-ortho nitro benzene ring substituents is 1. The Labute approximate surface area is 129 Å². The van der Waals surface area contributed by atoms with Gasteiger partial charge in [0.15, 0.2) is 0 Å². The molecule has 1 aromatic rings. The van der Waals surface area contributed by atoms with E-state index < -0.39 is 10.5 Å². The number of nitro benzene ring substituents is 1. The van der Waals surface area contributed by atoms with Gasteiger partial charge < -0.3 is 15.0 Å². The number of amides is 2. The first-order valence-electron chi connectivity index (χ1n) is 7.17. The Kier molecular flexibility index (Phi) is 4.37. The van der Waals surface area contributed by atoms with Crippen molar-refractivity contribution >= 4 is 17.4 Å². The highest BCUT2D eigenvalue weighted by molar-refractivity contribution is 5.90. The quantitative estimate of drug-likeness (QED) is 0.672. The molecule has 0 radical (unpaired) electrons. The van der Waals surface area contributed by atoms with Crippen LogP contribution in [0.2, 0.25) is 0 Å². The van der Waals surface area contributed by atoms with E-state index in [2.05, 4.69) is 5.32 Å². The number of carbonyl (C=O) groups is 1. The first-order chi connectivity index (χ1) is 10.2. The van der Waals surface area contributed by atoms with Crippen molar-refractivity contribution in [3.63, 3.8) is 0 Å². The second-order valence-electron chi connectivity index (χ2n) is 6.26. The Morgan fingerprint density at radius 1 is 1.50 bits per heavy atom. The van der Waals surface area contributed by atoms with Gasteiger partial charge in [-0.25, -0.2) is 4.79 Å². The van der Waals surface area contributed by atoms with Gasteiger partial charge in [-0.05, 0) is 33.3 Å². The third-order valence-corrected chi connectivity index (χ3v) is 3.53. The Morgan fingerprint density at radius 3 is 2.77 bits per heavy atom. The highest BCUT2D eigenvalue weighted by Gasteiger charge is 2.33. The molecule has 1 heterocycles. The van der Waals surface area contributed by atoms with E-state index in [1.807, 2.05) is 20.8 Å². The van der Waals surface area contributed by atoms with Crippen molar-refractivity contribution in [3.05, 3.63) is 33.9 Å². The lowest BCUT2D eigenvalue weighted by Gasteiger charge is -2.41. The molecular formula is C15H21N3O4. The molecule has 2 rings (SSSR count). The maximum Gasteiger partial charge on any atom is 0.322 e. The summed E-state index contributed by atoms with van der Waals surface area (Å²) in [5, 5.41) is 13.6. The third-order valence-electron chi connectivity index (χ3n) is 3.53. The van der Waals surface area contributed by atoms with Crippen LogP contribution in [-0.2, 0) is 4.74 Å². The highest BCUT2D eigenvalue weighted by atomic mass is 16.6. The maximum absolute atomic E-state index is 12.4. The van der Waals surface area contributed by atoms with E-state index in [4.69, 9.17) is 4.74 Å². The fourth-order valence-corrected chi connectivity index (χ4v) is 2.66. The summed E-state index contributed by atoms with van der Waals surface area (Å²) in [4.78, 5) is 24.5. The first kappa shape index (κ1) is 16.2. The number of aryl methyl sites for hydroxylation is 1. The predicted molar refractivity (Wildman–Crippen MR) is 83.1 cm³/mol. The van der Waals surface area contributed by atoms with Crippen molar-refractivity contribution in [2.75, 3.05) is 18.4 Å². The Hall–Kier alpha value is -2.15. The number of benzene rings is 1. The number of nitrogens with zero attached hydrogens (tertiary/aromatic N) is 2. The first-order valence-corrected chi connectivity index (χ1v) is 7.17. The number of urea groups is 1. The number of hydrogen-bond donors (Lipinski definition) is 1. The van der Waals surface area contributed by atoms with Gasteiger partial charge in [-0.2, -0.15) is 0 Å². The van der Waals surface area contributed by atoms with Crippen LogP contribution in [0.3, 0.4) is 0 Å². The molecule has 1 aromatic carbocycles. The van der Waals surface area contributed by atoms with Crippen LogP contribution in [-0.4, -0.2) is 40.6 Å². The molecule has 0 bridgehead atoms. The molecule has 2 amide bonds. The van der Waals surface area contributed by atoms with Crippen molar-refractivity contribution in [2.24, 2.45) is 0 Å². The van der Waals surface area contributed by atoms with Crippen molar-refractivity contribution in [1.29, 1.82) is 0 Å². The fraction of sp³-hybridized carbons (Fsp3) is 0.533. The van der Waals surface area contributed by atoms with Crippen LogP contribution in [0.1, 0.15) is 26.3 Å². The van der Waals surface area contributed by atoms with Gasteiger partial charge in [-0.1, -0.05) is 6.07 Å². The van der Waals surface area contributed by atoms with E-state index in [1.54, 1.807) is 17.9 Å². The molecule has 1 aliphatic heterocycles. The normalized spacial score (nSPS) is 20.5. The Balaban J connectivity index is 2.15. The van der Waals surface area contributed by atoms with Gasteiger partial charge in [-0.15, -0.1) is 0 Å². The lowest BCUT2D eigenvalue weighted by atomic mass is 10.1. The SMILES string of the molecule is Cc1ccc([N+](=O)[O-])cc1NC(=O)N1CC(C)OC(C)(C)C1. The molecular weight excluding hydrogens is 286 g/mol. The molecule has 22 heavy (non-hydrogen) atoms. The Morgan fingerprint density at radius 2 is 2.18 bits per heavy atom. The van der Waals surface area contributed by atoms with Crippen LogP contribution >= 0.6 is 0 Å². The number of carbonyl (C=O) groups excluding carboxylic acids is 1. The molecule has 0 saturated carbocycles. The monoisotopic (exact) mass is 307 g/mol.